The van der Waals surface area contributed by atoms with Gasteiger partial charge in [-0.05, 0) is 50.4 Å². The summed E-state index contributed by atoms with van der Waals surface area (Å²) in [6, 6.07) is 3.52. The number of hydrogen-bond donors (Lipinski definition) is 1. The van der Waals surface area contributed by atoms with E-state index in [1.165, 1.54) is 18.6 Å². The summed E-state index contributed by atoms with van der Waals surface area (Å²) in [6.45, 7) is 4.79. The van der Waals surface area contributed by atoms with Gasteiger partial charge in [0.05, 0.1) is 11.6 Å². The molecule has 0 bridgehead atoms. The molecular weight excluding hydrogens is 272 g/mol. The van der Waals surface area contributed by atoms with Crippen molar-refractivity contribution >= 4 is 0 Å². The molecule has 21 heavy (non-hydrogen) atoms. The molecule has 1 aromatic carbocycles. The van der Waals surface area contributed by atoms with Crippen molar-refractivity contribution in [2.75, 3.05) is 13.7 Å². The third-order valence-corrected chi connectivity index (χ3v) is 4.46. The second-order valence-electron chi connectivity index (χ2n) is 6.12. The highest BCUT2D eigenvalue weighted by molar-refractivity contribution is 5.25. The fourth-order valence-electron chi connectivity index (χ4n) is 3.78. The van der Waals surface area contributed by atoms with Gasteiger partial charge in [0.15, 0.2) is 0 Å². The summed E-state index contributed by atoms with van der Waals surface area (Å²) in [7, 11) is 1.83. The molecule has 1 fully saturated rings. The van der Waals surface area contributed by atoms with Crippen molar-refractivity contribution in [3.8, 4) is 0 Å². The number of benzene rings is 1. The molecule has 118 valence electrons. The second kappa shape index (κ2) is 6.84. The summed E-state index contributed by atoms with van der Waals surface area (Å²) in [5, 5.41) is 3.23. The Morgan fingerprint density at radius 1 is 1.33 bits per heavy atom. The van der Waals surface area contributed by atoms with E-state index in [0.29, 0.717) is 18.1 Å². The smallest absolute Gasteiger partial charge is 0.126 e. The van der Waals surface area contributed by atoms with Gasteiger partial charge in [-0.3, -0.25) is 0 Å². The summed E-state index contributed by atoms with van der Waals surface area (Å²) < 4.78 is 33.3. The van der Waals surface area contributed by atoms with Crippen LogP contribution in [-0.4, -0.2) is 19.3 Å². The van der Waals surface area contributed by atoms with Gasteiger partial charge in [-0.15, -0.1) is 0 Å². The molecule has 0 aromatic heterocycles. The van der Waals surface area contributed by atoms with Crippen molar-refractivity contribution in [2.24, 2.45) is 5.92 Å². The molecule has 0 aliphatic heterocycles. The molecule has 1 saturated carbocycles. The van der Waals surface area contributed by atoms with Crippen molar-refractivity contribution in [1.29, 1.82) is 0 Å². The minimum Gasteiger partial charge on any atom is -0.373 e. The van der Waals surface area contributed by atoms with Crippen LogP contribution >= 0.6 is 0 Å². The van der Waals surface area contributed by atoms with Gasteiger partial charge in [0.25, 0.3) is 0 Å². The highest BCUT2D eigenvalue weighted by Gasteiger charge is 2.43. The van der Waals surface area contributed by atoms with Gasteiger partial charge >= 0.3 is 0 Å². The summed E-state index contributed by atoms with van der Waals surface area (Å²) >= 11 is 0. The minimum atomic E-state index is -0.541. The normalized spacial score (nSPS) is 27.6. The summed E-state index contributed by atoms with van der Waals surface area (Å²) in [5.41, 5.74) is 0.235. The van der Waals surface area contributed by atoms with Crippen molar-refractivity contribution in [2.45, 2.75) is 51.2 Å². The predicted octanol–water partition coefficient (Wildman–Crippen LogP) is 4.21. The number of likely N-dealkylation sites (N-methyl/N-ethyl adjacent to an activating group) is 1. The van der Waals surface area contributed by atoms with E-state index in [1.54, 1.807) is 0 Å². The first kappa shape index (κ1) is 16.4. The molecule has 3 atom stereocenters. The van der Waals surface area contributed by atoms with Crippen LogP contribution in [0.3, 0.4) is 0 Å². The predicted molar refractivity (Wildman–Crippen MR) is 80.1 cm³/mol. The minimum absolute atomic E-state index is 0.203. The molecule has 2 rings (SSSR count). The second-order valence-corrected chi connectivity index (χ2v) is 6.12. The molecule has 1 N–H and O–H groups in total. The first-order valence-corrected chi connectivity index (χ1v) is 7.78. The van der Waals surface area contributed by atoms with Gasteiger partial charge in [-0.2, -0.15) is 0 Å². The topological polar surface area (TPSA) is 21.3 Å². The zero-order valence-corrected chi connectivity index (χ0v) is 13.1. The van der Waals surface area contributed by atoms with Crippen LogP contribution in [0.5, 0.6) is 0 Å². The van der Waals surface area contributed by atoms with Crippen LogP contribution in [0.1, 0.15) is 51.1 Å². The van der Waals surface area contributed by atoms with Crippen molar-refractivity contribution in [3.05, 3.63) is 35.4 Å². The Morgan fingerprint density at radius 2 is 2.00 bits per heavy atom. The third-order valence-electron chi connectivity index (χ3n) is 4.46. The Kier molecular flexibility index (Phi) is 5.33. The van der Waals surface area contributed by atoms with Gasteiger partial charge in [-0.1, -0.05) is 19.8 Å². The Labute approximate surface area is 125 Å². The van der Waals surface area contributed by atoms with Crippen LogP contribution < -0.4 is 5.32 Å². The molecule has 0 heterocycles. The summed E-state index contributed by atoms with van der Waals surface area (Å²) in [5.74, 6) is -0.527. The maximum Gasteiger partial charge on any atom is 0.126 e. The lowest BCUT2D eigenvalue weighted by atomic mass is 9.72. The molecule has 0 saturated heterocycles. The van der Waals surface area contributed by atoms with E-state index in [2.05, 4.69) is 12.2 Å². The number of nitrogens with one attached hydrogen (secondary N) is 1. The van der Waals surface area contributed by atoms with Gasteiger partial charge < -0.3 is 10.1 Å². The highest BCUT2D eigenvalue weighted by Crippen LogP contribution is 2.43. The van der Waals surface area contributed by atoms with E-state index in [0.717, 1.165) is 25.3 Å². The van der Waals surface area contributed by atoms with Crippen LogP contribution in [0.25, 0.3) is 0 Å². The van der Waals surface area contributed by atoms with E-state index in [-0.39, 0.29) is 11.6 Å². The zero-order valence-electron chi connectivity index (χ0n) is 13.1. The largest absolute Gasteiger partial charge is 0.373 e. The number of rotatable bonds is 5. The maximum atomic E-state index is 13.6. The molecule has 0 radical (unpaired) electrons. The first-order chi connectivity index (χ1) is 10.0. The molecule has 4 heteroatoms. The standard InChI is InChI=1S/C17H25F2NO/c1-4-21-17(7-5-6-12(2)11-17)16(20-3)13-8-14(18)10-15(19)9-13/h8-10,12,16,20H,4-7,11H2,1-3H3. The average molecular weight is 297 g/mol. The van der Waals surface area contributed by atoms with Crippen molar-refractivity contribution in [1.82, 2.24) is 5.32 Å². The van der Waals surface area contributed by atoms with Crippen LogP contribution in [0.4, 0.5) is 8.78 Å². The fourth-order valence-corrected chi connectivity index (χ4v) is 3.78. The monoisotopic (exact) mass is 297 g/mol. The number of halogens is 2. The Hall–Kier alpha value is -1.00. The first-order valence-electron chi connectivity index (χ1n) is 7.78. The van der Waals surface area contributed by atoms with Gasteiger partial charge in [-0.25, -0.2) is 8.78 Å². The molecule has 2 nitrogen and oxygen atoms in total. The van der Waals surface area contributed by atoms with E-state index in [4.69, 9.17) is 4.74 Å². The van der Waals surface area contributed by atoms with Crippen LogP contribution in [-0.2, 0) is 4.74 Å². The Bertz CT molecular complexity index is 456. The van der Waals surface area contributed by atoms with E-state index in [1.807, 2.05) is 14.0 Å². The lowest BCUT2D eigenvalue weighted by Gasteiger charge is -2.45. The van der Waals surface area contributed by atoms with Crippen LogP contribution in [0, 0.1) is 17.6 Å². The third kappa shape index (κ3) is 3.61. The zero-order chi connectivity index (χ0) is 15.5. The fraction of sp³-hybridized carbons (Fsp3) is 0.647. The lowest BCUT2D eigenvalue weighted by molar-refractivity contribution is -0.100. The molecule has 0 amide bonds. The highest BCUT2D eigenvalue weighted by atomic mass is 19.1. The van der Waals surface area contributed by atoms with E-state index < -0.39 is 11.6 Å². The van der Waals surface area contributed by atoms with Crippen LogP contribution in [0.2, 0.25) is 0 Å². The molecule has 0 spiro atoms. The average Bonchev–Trinajstić information content (AvgIpc) is 2.38. The van der Waals surface area contributed by atoms with Gasteiger partial charge in [0, 0.05) is 12.7 Å². The van der Waals surface area contributed by atoms with E-state index >= 15 is 0 Å². The summed E-state index contributed by atoms with van der Waals surface area (Å²) in [6.07, 6.45) is 4.08. The SMILES string of the molecule is CCOC1(C(NC)c2cc(F)cc(F)c2)CCCC(C)C1. The number of ether oxygens (including phenoxy) is 1. The molecular formula is C17H25F2NO. The van der Waals surface area contributed by atoms with Gasteiger partial charge in [0.2, 0.25) is 0 Å². The molecule has 1 aromatic rings. The van der Waals surface area contributed by atoms with Crippen molar-refractivity contribution in [3.63, 3.8) is 0 Å². The van der Waals surface area contributed by atoms with Crippen molar-refractivity contribution < 1.29 is 13.5 Å². The quantitative estimate of drug-likeness (QED) is 0.879. The molecule has 3 unspecified atom stereocenters. The molecule has 1 aliphatic carbocycles. The Balaban J connectivity index is 2.39. The summed E-state index contributed by atoms with van der Waals surface area (Å²) in [4.78, 5) is 0. The lowest BCUT2D eigenvalue weighted by Crippen LogP contribution is -2.48. The van der Waals surface area contributed by atoms with Crippen LogP contribution in [0.15, 0.2) is 18.2 Å². The number of hydrogen-bond acceptors (Lipinski definition) is 2. The maximum absolute atomic E-state index is 13.6. The Morgan fingerprint density at radius 3 is 2.52 bits per heavy atom. The van der Waals surface area contributed by atoms with Gasteiger partial charge in [0.1, 0.15) is 11.6 Å². The molecule has 1 aliphatic rings. The van der Waals surface area contributed by atoms with E-state index in [9.17, 15) is 8.78 Å².